The molecule has 0 aliphatic carbocycles. The summed E-state index contributed by atoms with van der Waals surface area (Å²) in [6.07, 6.45) is 2.65. The second-order valence-corrected chi connectivity index (χ2v) is 12.3. The first-order valence-electron chi connectivity index (χ1n) is 12.8. The van der Waals surface area contributed by atoms with E-state index >= 15 is 0 Å². The fraction of sp³-hybridized carbons (Fsp3) is 0.846. The molecule has 2 heterocycles. The minimum Gasteiger partial charge on any atom is -0.466 e. The van der Waals surface area contributed by atoms with Crippen LogP contribution >= 0.6 is 0 Å². The molecule has 10 nitrogen and oxygen atoms in total. The quantitative estimate of drug-likeness (QED) is 0.298. The number of hydrogen-bond donors (Lipinski definition) is 2. The number of ether oxygens (including phenoxy) is 4. The third-order valence-electron chi connectivity index (χ3n) is 6.03. The highest BCUT2D eigenvalue weighted by Gasteiger charge is 2.46. The SMILES string of the molecule is CCOC(=O)C1CC2CC(NC(C(=O)OC(C)(C)C)C(C)(C)OC(=O)C(=O)OC(C)(C)C)CC(C1)N2. The molecule has 0 saturated carbocycles. The largest absolute Gasteiger partial charge is 0.466 e. The van der Waals surface area contributed by atoms with Gasteiger partial charge in [0.15, 0.2) is 0 Å². The summed E-state index contributed by atoms with van der Waals surface area (Å²) < 4.78 is 21.5. The molecule has 0 radical (unpaired) electrons. The van der Waals surface area contributed by atoms with Gasteiger partial charge < -0.3 is 24.3 Å². The molecule has 3 unspecified atom stereocenters. The van der Waals surface area contributed by atoms with Gasteiger partial charge in [0.25, 0.3) is 0 Å². The summed E-state index contributed by atoms with van der Waals surface area (Å²) in [5.74, 6) is -3.19. The molecule has 2 N–H and O–H groups in total. The number of rotatable bonds is 7. The minimum absolute atomic E-state index is 0.0797. The summed E-state index contributed by atoms with van der Waals surface area (Å²) in [5, 5.41) is 6.90. The van der Waals surface area contributed by atoms with Crippen molar-refractivity contribution in [3.8, 4) is 0 Å². The van der Waals surface area contributed by atoms with Gasteiger partial charge in [-0.2, -0.15) is 0 Å². The van der Waals surface area contributed by atoms with Gasteiger partial charge in [-0.05, 0) is 88.0 Å². The zero-order valence-corrected chi connectivity index (χ0v) is 23.2. The Hall–Kier alpha value is -2.20. The molecule has 36 heavy (non-hydrogen) atoms. The van der Waals surface area contributed by atoms with Crippen LogP contribution in [-0.4, -0.2) is 71.5 Å². The number of piperidine rings is 2. The summed E-state index contributed by atoms with van der Waals surface area (Å²) in [4.78, 5) is 50.3. The summed E-state index contributed by atoms with van der Waals surface area (Å²) in [6.45, 7) is 15.5. The Morgan fingerprint density at radius 2 is 1.31 bits per heavy atom. The van der Waals surface area contributed by atoms with Crippen LogP contribution in [-0.2, 0) is 38.1 Å². The third-order valence-corrected chi connectivity index (χ3v) is 6.03. The van der Waals surface area contributed by atoms with Gasteiger partial charge in [0.05, 0.1) is 12.5 Å². The van der Waals surface area contributed by atoms with Gasteiger partial charge in [-0.1, -0.05) is 0 Å². The Labute approximate surface area is 214 Å². The lowest BCUT2D eigenvalue weighted by Gasteiger charge is -2.45. The van der Waals surface area contributed by atoms with Gasteiger partial charge in [-0.25, -0.2) is 9.59 Å². The van der Waals surface area contributed by atoms with Crippen LogP contribution in [0.1, 0.15) is 88.0 Å². The fourth-order valence-corrected chi connectivity index (χ4v) is 4.76. The van der Waals surface area contributed by atoms with E-state index in [0.29, 0.717) is 32.3 Å². The number of fused-ring (bicyclic) bond motifs is 2. The third kappa shape index (κ3) is 9.03. The lowest BCUT2D eigenvalue weighted by molar-refractivity contribution is -0.187. The van der Waals surface area contributed by atoms with Crippen LogP contribution in [0.3, 0.4) is 0 Å². The van der Waals surface area contributed by atoms with Crippen molar-refractivity contribution in [2.24, 2.45) is 5.92 Å². The molecule has 0 aromatic heterocycles. The maximum Gasteiger partial charge on any atom is 0.418 e. The maximum atomic E-state index is 13.3. The number of nitrogens with one attached hydrogen (secondary N) is 2. The second kappa shape index (κ2) is 11.5. The van der Waals surface area contributed by atoms with Gasteiger partial charge in [0, 0.05) is 18.1 Å². The standard InChI is InChI=1S/C26H44N2O8/c1-10-33-20(29)15-11-16-13-18(14-17(12-15)27-16)28-19(21(30)34-24(2,3)4)26(8,9)36-23(32)22(31)35-25(5,6)7/h15-19,27-28H,10-14H2,1-9H3. The predicted molar refractivity (Wildman–Crippen MR) is 132 cm³/mol. The van der Waals surface area contributed by atoms with E-state index in [1.165, 1.54) is 0 Å². The number of hydrogen-bond acceptors (Lipinski definition) is 10. The summed E-state index contributed by atoms with van der Waals surface area (Å²) in [7, 11) is 0. The van der Waals surface area contributed by atoms with Crippen LogP contribution in [0.4, 0.5) is 0 Å². The highest BCUT2D eigenvalue weighted by Crippen LogP contribution is 2.32. The zero-order valence-electron chi connectivity index (χ0n) is 23.2. The van der Waals surface area contributed by atoms with E-state index < -0.39 is 40.8 Å². The van der Waals surface area contributed by atoms with Crippen LogP contribution in [0.25, 0.3) is 0 Å². The molecule has 0 amide bonds. The molecule has 2 saturated heterocycles. The molecular weight excluding hydrogens is 468 g/mol. The lowest BCUT2D eigenvalue weighted by Crippen LogP contribution is -2.63. The predicted octanol–water partition coefficient (Wildman–Crippen LogP) is 2.41. The number of carbonyl (C=O) groups excluding carboxylic acids is 4. The van der Waals surface area contributed by atoms with Crippen LogP contribution < -0.4 is 10.6 Å². The molecular formula is C26H44N2O8. The van der Waals surface area contributed by atoms with Crippen LogP contribution in [0.15, 0.2) is 0 Å². The van der Waals surface area contributed by atoms with Gasteiger partial charge >= 0.3 is 23.9 Å². The van der Waals surface area contributed by atoms with Crippen molar-refractivity contribution in [1.29, 1.82) is 0 Å². The van der Waals surface area contributed by atoms with E-state index in [1.54, 1.807) is 62.3 Å². The van der Waals surface area contributed by atoms with Crippen molar-refractivity contribution >= 4 is 23.9 Å². The first kappa shape index (κ1) is 30.0. The molecule has 0 spiro atoms. The van der Waals surface area contributed by atoms with Crippen molar-refractivity contribution in [2.45, 2.75) is 129 Å². The smallest absolute Gasteiger partial charge is 0.418 e. The molecule has 2 bridgehead atoms. The molecule has 2 fully saturated rings. The van der Waals surface area contributed by atoms with Gasteiger partial charge in [0.1, 0.15) is 22.8 Å². The Morgan fingerprint density at radius 1 is 0.806 bits per heavy atom. The maximum absolute atomic E-state index is 13.3. The van der Waals surface area contributed by atoms with Gasteiger partial charge in [0.2, 0.25) is 0 Å². The van der Waals surface area contributed by atoms with E-state index in [1.807, 2.05) is 0 Å². The molecule has 206 valence electrons. The molecule has 10 heteroatoms. The Bertz CT molecular complexity index is 813. The van der Waals surface area contributed by atoms with Gasteiger partial charge in [-0.15, -0.1) is 0 Å². The molecule has 2 rings (SSSR count). The molecule has 0 aromatic rings. The van der Waals surface area contributed by atoms with Crippen LogP contribution in [0.5, 0.6) is 0 Å². The van der Waals surface area contributed by atoms with E-state index in [2.05, 4.69) is 10.6 Å². The summed E-state index contributed by atoms with van der Waals surface area (Å²) in [5.41, 5.74) is -3.04. The highest BCUT2D eigenvalue weighted by atomic mass is 16.6. The second-order valence-electron chi connectivity index (χ2n) is 12.3. The minimum atomic E-state index is -1.41. The molecule has 2 aliphatic rings. The van der Waals surface area contributed by atoms with Crippen molar-refractivity contribution < 1.29 is 38.1 Å². The van der Waals surface area contributed by atoms with E-state index in [-0.39, 0.29) is 30.0 Å². The summed E-state index contributed by atoms with van der Waals surface area (Å²) in [6, 6.07) is -0.971. The fourth-order valence-electron chi connectivity index (χ4n) is 4.76. The van der Waals surface area contributed by atoms with Crippen LogP contribution in [0.2, 0.25) is 0 Å². The van der Waals surface area contributed by atoms with Crippen molar-refractivity contribution in [3.63, 3.8) is 0 Å². The normalized spacial score (nSPS) is 25.4. The highest BCUT2D eigenvalue weighted by molar-refractivity contribution is 6.30. The zero-order chi connectivity index (χ0) is 27.5. The average Bonchev–Trinajstić information content (AvgIpc) is 2.68. The Balaban J connectivity index is 2.16. The number of esters is 4. The van der Waals surface area contributed by atoms with Crippen molar-refractivity contribution in [1.82, 2.24) is 10.6 Å². The Morgan fingerprint density at radius 3 is 1.78 bits per heavy atom. The van der Waals surface area contributed by atoms with Gasteiger partial charge in [-0.3, -0.25) is 14.9 Å². The van der Waals surface area contributed by atoms with E-state index in [0.717, 1.165) is 0 Å². The molecule has 3 atom stereocenters. The molecule has 0 aromatic carbocycles. The summed E-state index contributed by atoms with van der Waals surface area (Å²) >= 11 is 0. The monoisotopic (exact) mass is 512 g/mol. The van der Waals surface area contributed by atoms with Crippen molar-refractivity contribution in [3.05, 3.63) is 0 Å². The van der Waals surface area contributed by atoms with Crippen LogP contribution in [0, 0.1) is 5.92 Å². The lowest BCUT2D eigenvalue weighted by atomic mass is 9.78. The first-order chi connectivity index (χ1) is 16.4. The van der Waals surface area contributed by atoms with E-state index in [4.69, 9.17) is 18.9 Å². The molecule has 2 aliphatic heterocycles. The Kier molecular flexibility index (Phi) is 9.56. The van der Waals surface area contributed by atoms with Crippen molar-refractivity contribution in [2.75, 3.05) is 6.61 Å². The first-order valence-corrected chi connectivity index (χ1v) is 12.8. The topological polar surface area (TPSA) is 129 Å². The average molecular weight is 513 g/mol. The van der Waals surface area contributed by atoms with E-state index in [9.17, 15) is 19.2 Å². The number of carbonyl (C=O) groups is 4.